The maximum absolute atomic E-state index is 12.2. The molecule has 0 fully saturated rings. The second kappa shape index (κ2) is 7.21. The molecule has 0 atom stereocenters. The number of rotatable bonds is 6. The molecule has 0 bridgehead atoms. The van der Waals surface area contributed by atoms with Crippen molar-refractivity contribution in [3.8, 4) is 0 Å². The van der Waals surface area contributed by atoms with Crippen LogP contribution in [0.25, 0.3) is 0 Å². The predicted octanol–water partition coefficient (Wildman–Crippen LogP) is 1.22. The summed E-state index contributed by atoms with van der Waals surface area (Å²) in [5, 5.41) is 8.94. The zero-order chi connectivity index (χ0) is 17.0. The van der Waals surface area contributed by atoms with Crippen LogP contribution in [0, 0.1) is 0 Å². The molecule has 2 N–H and O–H groups in total. The van der Waals surface area contributed by atoms with Crippen LogP contribution >= 0.6 is 0 Å². The quantitative estimate of drug-likeness (QED) is 0.822. The van der Waals surface area contributed by atoms with E-state index >= 15 is 0 Å². The minimum absolute atomic E-state index is 0.110. The highest BCUT2D eigenvalue weighted by Gasteiger charge is 2.22. The monoisotopic (exact) mass is 328 g/mol. The minimum atomic E-state index is -3.61. The van der Waals surface area contributed by atoms with Gasteiger partial charge in [0.2, 0.25) is 10.0 Å². The van der Waals surface area contributed by atoms with Gasteiger partial charge >= 0.3 is 0 Å². The normalized spacial score (nSPS) is 12.2. The number of hydrogen-bond donors (Lipinski definition) is 2. The number of nitrogens with one attached hydrogen (secondary N) is 1. The van der Waals surface area contributed by atoms with Crippen LogP contribution in [-0.2, 0) is 10.0 Å². The van der Waals surface area contributed by atoms with Crippen molar-refractivity contribution < 1.29 is 18.3 Å². The van der Waals surface area contributed by atoms with Gasteiger partial charge in [-0.15, -0.1) is 0 Å². The molecule has 1 amide bonds. The number of nitrogens with zero attached hydrogens (tertiary/aromatic N) is 1. The van der Waals surface area contributed by atoms with E-state index in [1.807, 2.05) is 6.92 Å². The molecule has 1 aromatic carbocycles. The number of likely N-dealkylation sites (N-methyl/N-ethyl adjacent to an activating group) is 1. The lowest BCUT2D eigenvalue weighted by Crippen LogP contribution is -2.40. The van der Waals surface area contributed by atoms with Crippen LogP contribution in [-0.4, -0.2) is 49.6 Å². The van der Waals surface area contributed by atoms with E-state index in [4.69, 9.17) is 5.11 Å². The van der Waals surface area contributed by atoms with Gasteiger partial charge in [0.25, 0.3) is 5.91 Å². The van der Waals surface area contributed by atoms with Crippen LogP contribution in [0.1, 0.15) is 38.1 Å². The van der Waals surface area contributed by atoms with Gasteiger partial charge in [0, 0.05) is 24.2 Å². The molecule has 22 heavy (non-hydrogen) atoms. The van der Waals surface area contributed by atoms with Crippen molar-refractivity contribution in [1.82, 2.24) is 9.62 Å². The zero-order valence-corrected chi connectivity index (χ0v) is 14.3. The lowest BCUT2D eigenvalue weighted by Gasteiger charge is -2.21. The van der Waals surface area contributed by atoms with Gasteiger partial charge in [0.1, 0.15) is 0 Å². The highest BCUT2D eigenvalue weighted by atomic mass is 32.2. The molecular weight excluding hydrogens is 304 g/mol. The van der Waals surface area contributed by atoms with E-state index in [0.29, 0.717) is 12.1 Å². The minimum Gasteiger partial charge on any atom is -0.395 e. The topological polar surface area (TPSA) is 86.7 Å². The fraction of sp³-hybridized carbons (Fsp3) is 0.533. The molecule has 0 radical (unpaired) electrons. The van der Waals surface area contributed by atoms with Crippen LogP contribution in [0.4, 0.5) is 0 Å². The highest BCUT2D eigenvalue weighted by molar-refractivity contribution is 7.89. The Bertz CT molecular complexity index is 603. The first kappa shape index (κ1) is 18.6. The van der Waals surface area contributed by atoms with E-state index in [1.165, 1.54) is 29.2 Å². The Morgan fingerprint density at radius 2 is 1.77 bits per heavy atom. The van der Waals surface area contributed by atoms with E-state index in [0.717, 1.165) is 0 Å². The summed E-state index contributed by atoms with van der Waals surface area (Å²) in [4.78, 5) is 13.8. The number of hydrogen-bond acceptors (Lipinski definition) is 4. The molecule has 0 unspecified atom stereocenters. The summed E-state index contributed by atoms with van der Waals surface area (Å²) in [6, 6.07) is 5.79. The second-order valence-electron chi connectivity index (χ2n) is 5.99. The van der Waals surface area contributed by atoms with Crippen LogP contribution < -0.4 is 4.72 Å². The smallest absolute Gasteiger partial charge is 0.253 e. The molecule has 0 aliphatic carbocycles. The van der Waals surface area contributed by atoms with E-state index in [-0.39, 0.29) is 24.0 Å². The maximum Gasteiger partial charge on any atom is 0.253 e. The van der Waals surface area contributed by atoms with Crippen molar-refractivity contribution in [2.24, 2.45) is 0 Å². The van der Waals surface area contributed by atoms with Gasteiger partial charge in [-0.05, 0) is 52.0 Å². The molecule has 0 heterocycles. The summed E-state index contributed by atoms with van der Waals surface area (Å²) in [6.45, 7) is 7.72. The molecule has 6 nitrogen and oxygen atoms in total. The van der Waals surface area contributed by atoms with Gasteiger partial charge in [-0.1, -0.05) is 0 Å². The number of aliphatic hydroxyl groups excluding tert-OH is 1. The molecule has 124 valence electrons. The molecule has 1 rings (SSSR count). The summed E-state index contributed by atoms with van der Waals surface area (Å²) >= 11 is 0. The van der Waals surface area contributed by atoms with Gasteiger partial charge in [0.05, 0.1) is 11.5 Å². The summed E-state index contributed by atoms with van der Waals surface area (Å²) < 4.78 is 26.9. The Hall–Kier alpha value is -1.44. The third-order valence-corrected chi connectivity index (χ3v) is 4.66. The van der Waals surface area contributed by atoms with Gasteiger partial charge < -0.3 is 10.0 Å². The molecule has 0 saturated heterocycles. The Morgan fingerprint density at radius 3 is 2.18 bits per heavy atom. The summed E-state index contributed by atoms with van der Waals surface area (Å²) in [7, 11) is -3.61. The Labute approximate surface area is 132 Å². The van der Waals surface area contributed by atoms with Crippen molar-refractivity contribution in [3.63, 3.8) is 0 Å². The standard InChI is InChI=1S/C15H24N2O4S/c1-5-17(10-11-18)14(19)12-6-8-13(9-7-12)22(20,21)16-15(2,3)4/h6-9,16,18H,5,10-11H2,1-4H3. The molecule has 7 heteroatoms. The fourth-order valence-corrected chi connectivity index (χ4v) is 3.36. The number of benzene rings is 1. The average molecular weight is 328 g/mol. The molecule has 0 saturated carbocycles. The van der Waals surface area contributed by atoms with E-state index in [1.54, 1.807) is 20.8 Å². The Morgan fingerprint density at radius 1 is 1.23 bits per heavy atom. The van der Waals surface area contributed by atoms with Gasteiger partial charge in [-0.3, -0.25) is 4.79 Å². The Kier molecular flexibility index (Phi) is 6.10. The first-order valence-electron chi connectivity index (χ1n) is 7.15. The zero-order valence-electron chi connectivity index (χ0n) is 13.5. The van der Waals surface area contributed by atoms with Crippen molar-refractivity contribution >= 4 is 15.9 Å². The van der Waals surface area contributed by atoms with Crippen LogP contribution in [0.5, 0.6) is 0 Å². The number of sulfonamides is 1. The molecule has 0 aliphatic rings. The van der Waals surface area contributed by atoms with Crippen molar-refractivity contribution in [2.75, 3.05) is 19.7 Å². The lowest BCUT2D eigenvalue weighted by molar-refractivity contribution is 0.0732. The summed E-state index contributed by atoms with van der Waals surface area (Å²) in [5.41, 5.74) is -0.182. The second-order valence-corrected chi connectivity index (χ2v) is 7.67. The maximum atomic E-state index is 12.2. The average Bonchev–Trinajstić information content (AvgIpc) is 2.41. The third-order valence-electron chi connectivity index (χ3n) is 2.89. The van der Waals surface area contributed by atoms with E-state index in [9.17, 15) is 13.2 Å². The molecule has 0 aliphatic heterocycles. The van der Waals surface area contributed by atoms with Crippen LogP contribution in [0.15, 0.2) is 29.2 Å². The number of aliphatic hydroxyl groups is 1. The van der Waals surface area contributed by atoms with Crippen LogP contribution in [0.3, 0.4) is 0 Å². The number of amides is 1. The van der Waals surface area contributed by atoms with Crippen molar-refractivity contribution in [3.05, 3.63) is 29.8 Å². The first-order chi connectivity index (χ1) is 10.1. The number of carbonyl (C=O) groups is 1. The lowest BCUT2D eigenvalue weighted by atomic mass is 10.1. The van der Waals surface area contributed by atoms with Gasteiger partial charge in [-0.25, -0.2) is 13.1 Å². The van der Waals surface area contributed by atoms with Crippen molar-refractivity contribution in [1.29, 1.82) is 0 Å². The molecule has 0 aromatic heterocycles. The van der Waals surface area contributed by atoms with Crippen LogP contribution in [0.2, 0.25) is 0 Å². The van der Waals surface area contributed by atoms with E-state index in [2.05, 4.69) is 4.72 Å². The largest absolute Gasteiger partial charge is 0.395 e. The fourth-order valence-electron chi connectivity index (χ4n) is 1.95. The van der Waals surface area contributed by atoms with Gasteiger partial charge in [0.15, 0.2) is 0 Å². The van der Waals surface area contributed by atoms with Gasteiger partial charge in [-0.2, -0.15) is 0 Å². The summed E-state index contributed by atoms with van der Waals surface area (Å²) in [5.74, 6) is -0.232. The molecule has 0 spiro atoms. The third kappa shape index (κ3) is 5.08. The summed E-state index contributed by atoms with van der Waals surface area (Å²) in [6.07, 6.45) is 0. The Balaban J connectivity index is 2.98. The predicted molar refractivity (Wildman–Crippen MR) is 85.2 cm³/mol. The first-order valence-corrected chi connectivity index (χ1v) is 8.63. The highest BCUT2D eigenvalue weighted by Crippen LogP contribution is 2.15. The molecular formula is C15H24N2O4S. The van der Waals surface area contributed by atoms with E-state index < -0.39 is 15.6 Å². The van der Waals surface area contributed by atoms with Crippen molar-refractivity contribution in [2.45, 2.75) is 38.1 Å². The number of carbonyl (C=O) groups excluding carboxylic acids is 1. The SMILES string of the molecule is CCN(CCO)C(=O)c1ccc(S(=O)(=O)NC(C)(C)C)cc1. The molecule has 1 aromatic rings.